The zero-order valence-corrected chi connectivity index (χ0v) is 11.0. The first kappa shape index (κ1) is 16.7. The van der Waals surface area contributed by atoms with Gasteiger partial charge in [0.05, 0.1) is 6.61 Å². The summed E-state index contributed by atoms with van der Waals surface area (Å²) in [5, 5.41) is 0. The monoisotopic (exact) mass is 264 g/mol. The predicted molar refractivity (Wildman–Crippen MR) is 60.2 cm³/mol. The van der Waals surface area contributed by atoms with E-state index in [0.29, 0.717) is 0 Å². The molecule has 104 valence electrons. The number of rotatable bonds is 6. The molecular formula is C12H18F2O4. The molecule has 4 nitrogen and oxygen atoms in total. The molecular weight excluding hydrogens is 246 g/mol. The summed E-state index contributed by atoms with van der Waals surface area (Å²) in [6.07, 6.45) is -3.84. The van der Waals surface area contributed by atoms with E-state index >= 15 is 0 Å². The van der Waals surface area contributed by atoms with Gasteiger partial charge in [-0.2, -0.15) is 0 Å². The van der Waals surface area contributed by atoms with Crippen LogP contribution in [0.5, 0.6) is 0 Å². The van der Waals surface area contributed by atoms with E-state index in [4.69, 9.17) is 0 Å². The van der Waals surface area contributed by atoms with Crippen molar-refractivity contribution in [1.29, 1.82) is 0 Å². The first-order valence-electron chi connectivity index (χ1n) is 5.63. The van der Waals surface area contributed by atoms with E-state index in [9.17, 15) is 23.2 Å². The van der Waals surface area contributed by atoms with Crippen LogP contribution < -0.4 is 0 Å². The molecule has 0 aromatic carbocycles. The minimum absolute atomic E-state index is 0.0322. The van der Waals surface area contributed by atoms with Crippen molar-refractivity contribution < 1.29 is 27.9 Å². The van der Waals surface area contributed by atoms with Gasteiger partial charge in [0.2, 0.25) is 5.78 Å². The van der Waals surface area contributed by atoms with Crippen LogP contribution in [-0.4, -0.2) is 30.6 Å². The molecule has 0 fully saturated rings. The molecule has 0 aliphatic carbocycles. The third-order valence-electron chi connectivity index (χ3n) is 2.36. The Bertz CT molecular complexity index is 331. The third-order valence-corrected chi connectivity index (χ3v) is 2.36. The lowest BCUT2D eigenvalue weighted by Crippen LogP contribution is -2.35. The lowest BCUT2D eigenvalue weighted by molar-refractivity contribution is -0.157. The maximum atomic E-state index is 12.4. The molecule has 0 saturated carbocycles. The normalized spacial score (nSPS) is 13.3. The molecule has 0 rings (SSSR count). The number of Topliss-reactive ketones (excluding diaryl/α,β-unsaturated/α-hetero) is 2. The highest BCUT2D eigenvalue weighted by molar-refractivity contribution is 6.04. The number of hydrogen-bond acceptors (Lipinski definition) is 4. The van der Waals surface area contributed by atoms with Crippen molar-refractivity contribution in [2.75, 3.05) is 6.61 Å². The minimum Gasteiger partial charge on any atom is -0.465 e. The Labute approximate surface area is 105 Å². The lowest BCUT2D eigenvalue weighted by atomic mass is 9.84. The van der Waals surface area contributed by atoms with Gasteiger partial charge in [0.1, 0.15) is 11.7 Å². The molecule has 0 aromatic heterocycles. The van der Waals surface area contributed by atoms with Crippen LogP contribution in [0.4, 0.5) is 8.78 Å². The highest BCUT2D eigenvalue weighted by atomic mass is 19.3. The zero-order chi connectivity index (χ0) is 14.5. The summed E-state index contributed by atoms with van der Waals surface area (Å²) in [6, 6.07) is 0. The molecule has 0 N–H and O–H groups in total. The smallest absolute Gasteiger partial charge is 0.317 e. The zero-order valence-electron chi connectivity index (χ0n) is 11.0. The highest BCUT2D eigenvalue weighted by Crippen LogP contribution is 2.22. The van der Waals surface area contributed by atoms with Gasteiger partial charge in [-0.05, 0) is 6.92 Å². The fraction of sp³-hybridized carbons (Fsp3) is 0.750. The van der Waals surface area contributed by atoms with Crippen molar-refractivity contribution in [1.82, 2.24) is 0 Å². The Hall–Kier alpha value is -1.33. The Morgan fingerprint density at radius 2 is 1.67 bits per heavy atom. The summed E-state index contributed by atoms with van der Waals surface area (Å²) in [4.78, 5) is 34.3. The molecule has 0 saturated heterocycles. The molecule has 18 heavy (non-hydrogen) atoms. The summed E-state index contributed by atoms with van der Waals surface area (Å²) in [6.45, 7) is 6.22. The van der Waals surface area contributed by atoms with Crippen molar-refractivity contribution in [3.8, 4) is 0 Å². The molecule has 0 aliphatic rings. The summed E-state index contributed by atoms with van der Waals surface area (Å²) < 4.78 is 29.3. The van der Waals surface area contributed by atoms with Crippen LogP contribution in [0.3, 0.4) is 0 Å². The van der Waals surface area contributed by atoms with Gasteiger partial charge in [-0.15, -0.1) is 0 Å². The molecule has 0 heterocycles. The summed E-state index contributed by atoms with van der Waals surface area (Å²) in [5.41, 5.74) is -0.798. The second kappa shape index (κ2) is 6.56. The number of carbonyl (C=O) groups excluding carboxylic acids is 3. The number of ether oxygens (including phenoxy) is 1. The fourth-order valence-corrected chi connectivity index (χ4v) is 1.19. The summed E-state index contributed by atoms with van der Waals surface area (Å²) >= 11 is 0. The third kappa shape index (κ3) is 4.89. The molecule has 0 amide bonds. The molecule has 0 bridgehead atoms. The predicted octanol–water partition coefficient (Wildman–Crippen LogP) is 2.01. The first-order chi connectivity index (χ1) is 8.11. The quantitative estimate of drug-likeness (QED) is 0.544. The topological polar surface area (TPSA) is 60.4 Å². The Kier molecular flexibility index (Phi) is 6.08. The highest BCUT2D eigenvalue weighted by Gasteiger charge is 2.37. The van der Waals surface area contributed by atoms with Crippen molar-refractivity contribution in [3.63, 3.8) is 0 Å². The first-order valence-corrected chi connectivity index (χ1v) is 5.63. The van der Waals surface area contributed by atoms with Gasteiger partial charge in [0.25, 0.3) is 6.43 Å². The van der Waals surface area contributed by atoms with E-state index in [0.717, 1.165) is 0 Å². The van der Waals surface area contributed by atoms with Gasteiger partial charge in [0.15, 0.2) is 0 Å². The maximum Gasteiger partial charge on any atom is 0.317 e. The second-order valence-corrected chi connectivity index (χ2v) is 4.89. The van der Waals surface area contributed by atoms with Gasteiger partial charge in [0, 0.05) is 11.8 Å². The van der Waals surface area contributed by atoms with Gasteiger partial charge < -0.3 is 4.74 Å². The number of ketones is 2. The Balaban J connectivity index is 4.95. The van der Waals surface area contributed by atoms with Crippen molar-refractivity contribution in [2.45, 2.75) is 40.5 Å². The van der Waals surface area contributed by atoms with E-state index in [1.54, 1.807) is 20.8 Å². The van der Waals surface area contributed by atoms with Gasteiger partial charge in [-0.3, -0.25) is 14.4 Å². The average Bonchev–Trinajstić information content (AvgIpc) is 2.23. The SMILES string of the molecule is CCOC(=O)C(CC(=O)C(C)(C)C)C(=O)C(F)F. The summed E-state index contributed by atoms with van der Waals surface area (Å²) in [7, 11) is 0. The lowest BCUT2D eigenvalue weighted by Gasteiger charge is -2.20. The summed E-state index contributed by atoms with van der Waals surface area (Å²) in [5.74, 6) is -4.78. The van der Waals surface area contributed by atoms with Crippen LogP contribution in [-0.2, 0) is 19.1 Å². The number of halogens is 2. The fourth-order valence-electron chi connectivity index (χ4n) is 1.19. The second-order valence-electron chi connectivity index (χ2n) is 4.89. The van der Waals surface area contributed by atoms with Gasteiger partial charge in [-0.25, -0.2) is 8.78 Å². The van der Waals surface area contributed by atoms with Gasteiger partial charge in [-0.1, -0.05) is 20.8 Å². The van der Waals surface area contributed by atoms with Crippen molar-refractivity contribution in [3.05, 3.63) is 0 Å². The minimum atomic E-state index is -3.29. The van der Waals surface area contributed by atoms with Crippen LogP contribution in [0.2, 0.25) is 0 Å². The Morgan fingerprint density at radius 1 is 1.17 bits per heavy atom. The van der Waals surface area contributed by atoms with E-state index in [1.807, 2.05) is 0 Å². The van der Waals surface area contributed by atoms with E-state index < -0.39 is 41.7 Å². The Morgan fingerprint density at radius 3 is 2.00 bits per heavy atom. The van der Waals surface area contributed by atoms with E-state index in [-0.39, 0.29) is 6.61 Å². The van der Waals surface area contributed by atoms with Crippen LogP contribution >= 0.6 is 0 Å². The van der Waals surface area contributed by atoms with Crippen molar-refractivity contribution >= 4 is 17.5 Å². The van der Waals surface area contributed by atoms with Crippen LogP contribution in [0.1, 0.15) is 34.1 Å². The largest absolute Gasteiger partial charge is 0.465 e. The number of hydrogen-bond donors (Lipinski definition) is 0. The molecule has 0 radical (unpaired) electrons. The van der Waals surface area contributed by atoms with E-state index in [2.05, 4.69) is 4.74 Å². The number of esters is 1. The number of alkyl halides is 2. The standard InChI is InChI=1S/C12H18F2O4/c1-5-18-11(17)7(9(16)10(13)14)6-8(15)12(2,3)4/h7,10H,5-6H2,1-4H3. The maximum absolute atomic E-state index is 12.4. The molecule has 0 aromatic rings. The van der Waals surface area contributed by atoms with E-state index in [1.165, 1.54) is 6.92 Å². The molecule has 0 spiro atoms. The van der Waals surface area contributed by atoms with Crippen LogP contribution in [0.25, 0.3) is 0 Å². The average molecular weight is 264 g/mol. The van der Waals surface area contributed by atoms with Crippen LogP contribution in [0, 0.1) is 11.3 Å². The van der Waals surface area contributed by atoms with Crippen molar-refractivity contribution in [2.24, 2.45) is 11.3 Å². The van der Waals surface area contributed by atoms with Gasteiger partial charge >= 0.3 is 5.97 Å². The molecule has 1 atom stereocenters. The molecule has 1 unspecified atom stereocenters. The molecule has 0 aliphatic heterocycles. The number of carbonyl (C=O) groups is 3. The van der Waals surface area contributed by atoms with Crippen LogP contribution in [0.15, 0.2) is 0 Å². The molecule has 6 heteroatoms.